The molecule has 0 N–H and O–H groups in total. The number of benzene rings is 2. The second-order valence-corrected chi connectivity index (χ2v) is 5.45. The van der Waals surface area contributed by atoms with Crippen LogP contribution >= 0.6 is 0 Å². The fraction of sp³-hybridized carbons (Fsp3) is 0.211. The Labute approximate surface area is 151 Å². The Hall–Kier alpha value is -3.35. The van der Waals surface area contributed by atoms with Crippen LogP contribution in [0, 0.1) is 0 Å². The smallest absolute Gasteiger partial charge is 0.327 e. The lowest BCUT2D eigenvalue weighted by molar-refractivity contribution is -0.141. The first-order chi connectivity index (χ1) is 12.6. The van der Waals surface area contributed by atoms with E-state index in [1.54, 1.807) is 14.2 Å². The molecule has 2 aromatic carbocycles. The fourth-order valence-corrected chi connectivity index (χ4v) is 2.46. The SMILES string of the molecule is COC(=O)Cn1nc(-c2ccc(OC)cc2)nc1-c1ccc(OC)cc1. The second-order valence-electron chi connectivity index (χ2n) is 5.45. The van der Waals surface area contributed by atoms with Crippen molar-refractivity contribution in [3.8, 4) is 34.3 Å². The quantitative estimate of drug-likeness (QED) is 0.634. The molecule has 0 radical (unpaired) electrons. The minimum atomic E-state index is -0.397. The Morgan fingerprint density at radius 2 is 1.42 bits per heavy atom. The van der Waals surface area contributed by atoms with Crippen LogP contribution in [0.25, 0.3) is 22.8 Å². The number of esters is 1. The number of carbonyl (C=O) groups is 1. The molecule has 3 aromatic rings. The summed E-state index contributed by atoms with van der Waals surface area (Å²) >= 11 is 0. The maximum atomic E-state index is 11.7. The van der Waals surface area contributed by atoms with Crippen LogP contribution in [0.3, 0.4) is 0 Å². The van der Waals surface area contributed by atoms with Gasteiger partial charge in [0.05, 0.1) is 21.3 Å². The molecule has 0 spiro atoms. The van der Waals surface area contributed by atoms with Crippen LogP contribution in [0.4, 0.5) is 0 Å². The molecule has 0 atom stereocenters. The van der Waals surface area contributed by atoms with E-state index in [9.17, 15) is 4.79 Å². The minimum Gasteiger partial charge on any atom is -0.497 e. The van der Waals surface area contributed by atoms with Crippen molar-refractivity contribution in [3.63, 3.8) is 0 Å². The Balaban J connectivity index is 2.02. The molecule has 0 aliphatic rings. The van der Waals surface area contributed by atoms with Crippen molar-refractivity contribution < 1.29 is 19.0 Å². The molecule has 0 saturated carbocycles. The third-order valence-corrected chi connectivity index (χ3v) is 3.87. The van der Waals surface area contributed by atoms with E-state index in [1.165, 1.54) is 11.8 Å². The average molecular weight is 353 g/mol. The first-order valence-electron chi connectivity index (χ1n) is 7.95. The molecule has 0 bridgehead atoms. The van der Waals surface area contributed by atoms with Gasteiger partial charge in [0.25, 0.3) is 0 Å². The molecule has 0 aliphatic heterocycles. The highest BCUT2D eigenvalue weighted by atomic mass is 16.5. The summed E-state index contributed by atoms with van der Waals surface area (Å²) in [6, 6.07) is 14.8. The Kier molecular flexibility index (Phi) is 5.17. The molecule has 0 saturated heterocycles. The monoisotopic (exact) mass is 353 g/mol. The number of rotatable bonds is 6. The molecular formula is C19H19N3O4. The predicted octanol–water partition coefficient (Wildman–Crippen LogP) is 2.80. The van der Waals surface area contributed by atoms with Gasteiger partial charge < -0.3 is 14.2 Å². The lowest BCUT2D eigenvalue weighted by Gasteiger charge is -2.05. The topological polar surface area (TPSA) is 75.5 Å². The van der Waals surface area contributed by atoms with Crippen molar-refractivity contribution >= 4 is 5.97 Å². The second kappa shape index (κ2) is 7.69. The van der Waals surface area contributed by atoms with E-state index in [0.29, 0.717) is 11.6 Å². The van der Waals surface area contributed by atoms with Crippen molar-refractivity contribution in [3.05, 3.63) is 48.5 Å². The van der Waals surface area contributed by atoms with E-state index < -0.39 is 5.97 Å². The summed E-state index contributed by atoms with van der Waals surface area (Å²) in [5.41, 5.74) is 1.64. The molecule has 0 unspecified atom stereocenters. The van der Waals surface area contributed by atoms with E-state index in [0.717, 1.165) is 22.6 Å². The highest BCUT2D eigenvalue weighted by Gasteiger charge is 2.16. The van der Waals surface area contributed by atoms with Gasteiger partial charge in [0, 0.05) is 11.1 Å². The van der Waals surface area contributed by atoms with Crippen LogP contribution in [0.5, 0.6) is 11.5 Å². The number of methoxy groups -OCH3 is 3. The van der Waals surface area contributed by atoms with Crippen LogP contribution in [-0.4, -0.2) is 42.1 Å². The van der Waals surface area contributed by atoms with Gasteiger partial charge >= 0.3 is 5.97 Å². The number of aromatic nitrogens is 3. The Morgan fingerprint density at radius 3 is 1.92 bits per heavy atom. The van der Waals surface area contributed by atoms with E-state index in [4.69, 9.17) is 14.2 Å². The fourth-order valence-electron chi connectivity index (χ4n) is 2.46. The van der Waals surface area contributed by atoms with Crippen molar-refractivity contribution in [2.45, 2.75) is 6.54 Å². The zero-order valence-electron chi connectivity index (χ0n) is 14.8. The zero-order valence-corrected chi connectivity index (χ0v) is 14.8. The molecule has 1 aromatic heterocycles. The summed E-state index contributed by atoms with van der Waals surface area (Å²) in [5.74, 6) is 2.18. The normalized spacial score (nSPS) is 10.4. The van der Waals surface area contributed by atoms with Crippen LogP contribution in [0.15, 0.2) is 48.5 Å². The van der Waals surface area contributed by atoms with E-state index >= 15 is 0 Å². The van der Waals surface area contributed by atoms with Crippen LogP contribution < -0.4 is 9.47 Å². The van der Waals surface area contributed by atoms with Crippen molar-refractivity contribution in [1.82, 2.24) is 14.8 Å². The van der Waals surface area contributed by atoms with Gasteiger partial charge in [-0.15, -0.1) is 5.10 Å². The van der Waals surface area contributed by atoms with Gasteiger partial charge in [-0.3, -0.25) is 4.79 Å². The summed E-state index contributed by atoms with van der Waals surface area (Å²) in [4.78, 5) is 16.4. The Bertz CT molecular complexity index is 886. The van der Waals surface area contributed by atoms with Crippen LogP contribution in [-0.2, 0) is 16.1 Å². The average Bonchev–Trinajstić information content (AvgIpc) is 3.11. The summed E-state index contributed by atoms with van der Waals surface area (Å²) < 4.78 is 16.7. The molecule has 7 nitrogen and oxygen atoms in total. The number of hydrogen-bond donors (Lipinski definition) is 0. The predicted molar refractivity (Wildman–Crippen MR) is 96.0 cm³/mol. The van der Waals surface area contributed by atoms with Gasteiger partial charge in [-0.05, 0) is 48.5 Å². The molecule has 3 rings (SSSR count). The maximum Gasteiger partial charge on any atom is 0.327 e. The molecule has 1 heterocycles. The van der Waals surface area contributed by atoms with Crippen molar-refractivity contribution in [2.75, 3.05) is 21.3 Å². The summed E-state index contributed by atoms with van der Waals surface area (Å²) in [5, 5.41) is 4.48. The minimum absolute atomic E-state index is 0.0268. The molecule has 7 heteroatoms. The third kappa shape index (κ3) is 3.66. The first-order valence-corrected chi connectivity index (χ1v) is 7.95. The van der Waals surface area contributed by atoms with Crippen molar-refractivity contribution in [1.29, 1.82) is 0 Å². The molecule has 26 heavy (non-hydrogen) atoms. The van der Waals surface area contributed by atoms with Crippen LogP contribution in [0.1, 0.15) is 0 Å². The lowest BCUT2D eigenvalue weighted by Crippen LogP contribution is -2.13. The van der Waals surface area contributed by atoms with Gasteiger partial charge in [-0.2, -0.15) is 0 Å². The number of ether oxygens (including phenoxy) is 3. The summed E-state index contributed by atoms with van der Waals surface area (Å²) in [6.45, 7) is -0.0268. The molecule has 134 valence electrons. The first kappa shape index (κ1) is 17.5. The van der Waals surface area contributed by atoms with Crippen molar-refractivity contribution in [2.24, 2.45) is 0 Å². The Morgan fingerprint density at radius 1 is 0.885 bits per heavy atom. The van der Waals surface area contributed by atoms with Gasteiger partial charge in [0.15, 0.2) is 11.6 Å². The van der Waals surface area contributed by atoms with Gasteiger partial charge in [0.2, 0.25) is 0 Å². The maximum absolute atomic E-state index is 11.7. The highest BCUT2D eigenvalue weighted by molar-refractivity contribution is 5.71. The number of nitrogens with zero attached hydrogens (tertiary/aromatic N) is 3. The van der Waals surface area contributed by atoms with E-state index in [2.05, 4.69) is 10.1 Å². The molecule has 0 amide bonds. The van der Waals surface area contributed by atoms with E-state index in [1.807, 2.05) is 48.5 Å². The lowest BCUT2D eigenvalue weighted by atomic mass is 10.2. The van der Waals surface area contributed by atoms with Gasteiger partial charge in [-0.25, -0.2) is 9.67 Å². The summed E-state index contributed by atoms with van der Waals surface area (Å²) in [7, 11) is 4.56. The molecule has 0 aliphatic carbocycles. The number of hydrogen-bond acceptors (Lipinski definition) is 6. The van der Waals surface area contributed by atoms with Crippen LogP contribution in [0.2, 0.25) is 0 Å². The van der Waals surface area contributed by atoms with Gasteiger partial charge in [-0.1, -0.05) is 0 Å². The van der Waals surface area contributed by atoms with Gasteiger partial charge in [0.1, 0.15) is 18.0 Å². The van der Waals surface area contributed by atoms with E-state index in [-0.39, 0.29) is 6.54 Å². The molecular weight excluding hydrogens is 334 g/mol. The molecule has 0 fully saturated rings. The third-order valence-electron chi connectivity index (χ3n) is 3.87. The number of carbonyl (C=O) groups excluding carboxylic acids is 1. The zero-order chi connectivity index (χ0) is 18.5. The highest BCUT2D eigenvalue weighted by Crippen LogP contribution is 2.25. The summed E-state index contributed by atoms with van der Waals surface area (Å²) in [6.07, 6.45) is 0. The standard InChI is InChI=1S/C19H19N3O4/c1-24-15-8-4-13(5-9-15)18-20-19(22(21-18)12-17(23)26-3)14-6-10-16(25-2)11-7-14/h4-11H,12H2,1-3H3. The largest absolute Gasteiger partial charge is 0.497 e.